The molecule has 272 valence electrons. The van der Waals surface area contributed by atoms with Crippen molar-refractivity contribution in [2.45, 2.75) is 5.41 Å². The molecular formula is C57H39N. The van der Waals surface area contributed by atoms with Gasteiger partial charge in [-0.15, -0.1) is 0 Å². The molecule has 58 heavy (non-hydrogen) atoms. The zero-order valence-corrected chi connectivity index (χ0v) is 32.0. The molecule has 0 bridgehead atoms. The molecule has 10 aromatic carbocycles. The number of para-hydroxylation sites is 1. The van der Waals surface area contributed by atoms with Crippen LogP contribution in [0.5, 0.6) is 0 Å². The molecule has 0 atom stereocenters. The first-order valence-electron chi connectivity index (χ1n) is 20.1. The maximum absolute atomic E-state index is 2.44. The third-order valence-corrected chi connectivity index (χ3v) is 12.1. The molecule has 1 nitrogen and oxygen atoms in total. The zero-order valence-electron chi connectivity index (χ0n) is 32.0. The van der Waals surface area contributed by atoms with Crippen molar-refractivity contribution in [2.75, 3.05) is 4.90 Å². The van der Waals surface area contributed by atoms with Crippen molar-refractivity contribution in [3.63, 3.8) is 0 Å². The molecule has 1 aliphatic carbocycles. The molecule has 0 radical (unpaired) electrons. The van der Waals surface area contributed by atoms with E-state index in [2.05, 4.69) is 241 Å². The van der Waals surface area contributed by atoms with E-state index in [0.717, 1.165) is 17.1 Å². The average molecular weight is 738 g/mol. The minimum Gasteiger partial charge on any atom is -0.310 e. The summed E-state index contributed by atoms with van der Waals surface area (Å²) in [5.41, 5.74) is 15.4. The minimum absolute atomic E-state index is 0.479. The highest BCUT2D eigenvalue weighted by molar-refractivity contribution is 6.14. The summed E-state index contributed by atoms with van der Waals surface area (Å²) in [4.78, 5) is 2.44. The van der Waals surface area contributed by atoms with Crippen LogP contribution in [0.1, 0.15) is 22.3 Å². The monoisotopic (exact) mass is 737 g/mol. The topological polar surface area (TPSA) is 3.24 Å². The van der Waals surface area contributed by atoms with Crippen molar-refractivity contribution >= 4 is 38.6 Å². The van der Waals surface area contributed by atoms with Gasteiger partial charge < -0.3 is 4.90 Å². The summed E-state index contributed by atoms with van der Waals surface area (Å²) >= 11 is 0. The summed E-state index contributed by atoms with van der Waals surface area (Å²) in [6.45, 7) is 0. The molecule has 0 N–H and O–H groups in total. The van der Waals surface area contributed by atoms with Crippen LogP contribution < -0.4 is 4.90 Å². The summed E-state index contributed by atoms with van der Waals surface area (Å²) in [5.74, 6) is 0. The Hall–Kier alpha value is -7.48. The molecule has 0 fully saturated rings. The van der Waals surface area contributed by atoms with E-state index in [4.69, 9.17) is 0 Å². The smallest absolute Gasteiger partial charge is 0.0714 e. The second-order valence-corrected chi connectivity index (χ2v) is 15.2. The van der Waals surface area contributed by atoms with Crippen LogP contribution in [-0.2, 0) is 5.41 Å². The highest BCUT2D eigenvalue weighted by Gasteiger charge is 2.47. The fourth-order valence-corrected chi connectivity index (χ4v) is 9.70. The molecule has 1 aliphatic rings. The van der Waals surface area contributed by atoms with Crippen molar-refractivity contribution in [2.24, 2.45) is 0 Å². The number of hydrogen-bond donors (Lipinski definition) is 0. The van der Waals surface area contributed by atoms with Crippen LogP contribution in [-0.4, -0.2) is 0 Å². The van der Waals surface area contributed by atoms with Gasteiger partial charge in [-0.3, -0.25) is 0 Å². The van der Waals surface area contributed by atoms with E-state index in [0.29, 0.717) is 0 Å². The SMILES string of the molecule is c1ccc(N(c2ccc(-c3ccccc3-c3cc4ccccc4c4ccccc34)cc2)c2cccc3c2-c2ccccc2C3(c2ccccc2)c2ccccc2)cc1. The van der Waals surface area contributed by atoms with Gasteiger partial charge in [0.2, 0.25) is 0 Å². The molecule has 11 rings (SSSR count). The molecule has 0 aliphatic heterocycles. The van der Waals surface area contributed by atoms with Crippen LogP contribution in [0.3, 0.4) is 0 Å². The first-order valence-corrected chi connectivity index (χ1v) is 20.1. The second-order valence-electron chi connectivity index (χ2n) is 15.2. The number of hydrogen-bond acceptors (Lipinski definition) is 1. The van der Waals surface area contributed by atoms with Crippen LogP contribution in [0.4, 0.5) is 17.1 Å². The summed E-state index contributed by atoms with van der Waals surface area (Å²) in [7, 11) is 0. The standard InChI is InChI=1S/C57H39N/c1-4-20-42(21-5-1)57(43-22-6-2-7-23-43)53-32-17-16-31-51(53)56-54(57)33-18-34-55(56)58(44-24-8-3-9-25-44)45-37-35-40(36-38-45)46-26-12-13-29-49(46)52-39-41-19-10-11-27-47(41)48-28-14-15-30-50(48)52/h1-39H. The first kappa shape index (κ1) is 33.8. The van der Waals surface area contributed by atoms with Crippen LogP contribution in [0.25, 0.3) is 54.9 Å². The molecule has 0 spiro atoms. The Labute approximate surface area is 339 Å². The molecule has 0 unspecified atom stereocenters. The Kier molecular flexibility index (Phi) is 8.12. The Morgan fingerprint density at radius 2 is 0.828 bits per heavy atom. The average Bonchev–Trinajstić information content (AvgIpc) is 3.62. The van der Waals surface area contributed by atoms with E-state index in [-0.39, 0.29) is 0 Å². The van der Waals surface area contributed by atoms with Gasteiger partial charge >= 0.3 is 0 Å². The van der Waals surface area contributed by atoms with E-state index in [1.54, 1.807) is 0 Å². The fourth-order valence-electron chi connectivity index (χ4n) is 9.70. The summed E-state index contributed by atoms with van der Waals surface area (Å²) < 4.78 is 0. The number of nitrogens with zero attached hydrogens (tertiary/aromatic N) is 1. The maximum Gasteiger partial charge on any atom is 0.0714 e. The van der Waals surface area contributed by atoms with Gasteiger partial charge in [0, 0.05) is 16.9 Å². The lowest BCUT2D eigenvalue weighted by atomic mass is 9.68. The number of fused-ring (bicyclic) bond motifs is 6. The largest absolute Gasteiger partial charge is 0.310 e. The predicted octanol–water partition coefficient (Wildman–Crippen LogP) is 15.2. The normalized spacial score (nSPS) is 12.6. The lowest BCUT2D eigenvalue weighted by Gasteiger charge is -2.34. The Balaban J connectivity index is 1.09. The third kappa shape index (κ3) is 5.25. The molecule has 0 amide bonds. The van der Waals surface area contributed by atoms with Crippen molar-refractivity contribution in [3.05, 3.63) is 259 Å². The quantitative estimate of drug-likeness (QED) is 0.147. The van der Waals surface area contributed by atoms with Crippen LogP contribution in [0.2, 0.25) is 0 Å². The van der Waals surface area contributed by atoms with E-state index in [1.165, 1.54) is 77.2 Å². The van der Waals surface area contributed by atoms with E-state index in [1.807, 2.05) is 0 Å². The molecule has 0 saturated carbocycles. The maximum atomic E-state index is 2.44. The fraction of sp³-hybridized carbons (Fsp3) is 0.0175. The first-order chi connectivity index (χ1) is 28.8. The van der Waals surface area contributed by atoms with E-state index in [9.17, 15) is 0 Å². The third-order valence-electron chi connectivity index (χ3n) is 12.1. The predicted molar refractivity (Wildman–Crippen MR) is 244 cm³/mol. The highest BCUT2D eigenvalue weighted by Crippen LogP contribution is 2.59. The van der Waals surface area contributed by atoms with Crippen molar-refractivity contribution in [1.29, 1.82) is 0 Å². The summed E-state index contributed by atoms with van der Waals surface area (Å²) in [5, 5.41) is 5.07. The van der Waals surface area contributed by atoms with Crippen LogP contribution in [0, 0.1) is 0 Å². The van der Waals surface area contributed by atoms with Gasteiger partial charge in [0.25, 0.3) is 0 Å². The lowest BCUT2D eigenvalue weighted by Crippen LogP contribution is -2.28. The summed E-state index contributed by atoms with van der Waals surface area (Å²) in [6.07, 6.45) is 0. The molecule has 0 aromatic heterocycles. The minimum atomic E-state index is -0.479. The number of rotatable bonds is 7. The molecule has 10 aromatic rings. The Bertz CT molecular complexity index is 3050. The van der Waals surface area contributed by atoms with Crippen molar-refractivity contribution in [3.8, 4) is 33.4 Å². The van der Waals surface area contributed by atoms with Gasteiger partial charge in [-0.1, -0.05) is 200 Å². The van der Waals surface area contributed by atoms with Gasteiger partial charge in [0.15, 0.2) is 0 Å². The highest BCUT2D eigenvalue weighted by atomic mass is 15.1. The van der Waals surface area contributed by atoms with E-state index < -0.39 is 5.41 Å². The van der Waals surface area contributed by atoms with Gasteiger partial charge in [0.05, 0.1) is 11.1 Å². The molecule has 0 saturated heterocycles. The van der Waals surface area contributed by atoms with Gasteiger partial charge in [-0.05, 0) is 108 Å². The van der Waals surface area contributed by atoms with Crippen LogP contribution >= 0.6 is 0 Å². The number of anilines is 3. The number of benzene rings is 10. The van der Waals surface area contributed by atoms with Gasteiger partial charge in [-0.25, -0.2) is 0 Å². The molecule has 0 heterocycles. The summed E-state index contributed by atoms with van der Waals surface area (Å²) in [6, 6.07) is 86.7. The van der Waals surface area contributed by atoms with Gasteiger partial charge in [-0.2, -0.15) is 0 Å². The Morgan fingerprint density at radius 1 is 0.310 bits per heavy atom. The van der Waals surface area contributed by atoms with Crippen LogP contribution in [0.15, 0.2) is 237 Å². The zero-order chi connectivity index (χ0) is 38.5. The molecular weight excluding hydrogens is 699 g/mol. The van der Waals surface area contributed by atoms with E-state index >= 15 is 0 Å². The van der Waals surface area contributed by atoms with Crippen molar-refractivity contribution in [1.82, 2.24) is 0 Å². The second kappa shape index (κ2) is 13.9. The Morgan fingerprint density at radius 3 is 1.53 bits per heavy atom. The lowest BCUT2D eigenvalue weighted by molar-refractivity contribution is 0.768. The van der Waals surface area contributed by atoms with Crippen molar-refractivity contribution < 1.29 is 0 Å². The van der Waals surface area contributed by atoms with Gasteiger partial charge in [0.1, 0.15) is 0 Å². The molecule has 1 heteroatoms.